The molecule has 14 heavy (non-hydrogen) atoms. The van der Waals surface area contributed by atoms with Crippen molar-refractivity contribution in [2.75, 3.05) is 0 Å². The number of rotatable bonds is 5. The van der Waals surface area contributed by atoms with Gasteiger partial charge in [-0.05, 0) is 6.42 Å². The molecule has 0 fully saturated rings. The summed E-state index contributed by atoms with van der Waals surface area (Å²) in [5.74, 6) is 0.583. The molecule has 3 N–H and O–H groups in total. The molecule has 0 radical (unpaired) electrons. The smallest absolute Gasteiger partial charge is 0.221 e. The summed E-state index contributed by atoms with van der Waals surface area (Å²) in [6, 6.07) is 1.64. The molecule has 1 rings (SSSR count). The Balaban J connectivity index is 2.22. The van der Waals surface area contributed by atoms with Crippen LogP contribution in [0, 0.1) is 0 Å². The first-order valence-electron chi connectivity index (χ1n) is 4.64. The third-order valence-corrected chi connectivity index (χ3v) is 1.92. The molecule has 0 saturated carbocycles. The highest BCUT2D eigenvalue weighted by Crippen LogP contribution is 1.97. The van der Waals surface area contributed by atoms with Gasteiger partial charge in [-0.15, -0.1) is 0 Å². The van der Waals surface area contributed by atoms with Gasteiger partial charge in [0.25, 0.3) is 0 Å². The van der Waals surface area contributed by atoms with E-state index in [0.717, 1.165) is 6.42 Å². The van der Waals surface area contributed by atoms with E-state index >= 15 is 0 Å². The molecule has 5 heteroatoms. The standard InChI is InChI=1S/C9H15N3O2/c1-2-7(10)5-9(13)11-6-8-3-4-12-14-8/h3-4,7H,2,5-6,10H2,1H3,(H,11,13). The summed E-state index contributed by atoms with van der Waals surface area (Å²) in [6.45, 7) is 2.32. The van der Waals surface area contributed by atoms with Crippen molar-refractivity contribution in [3.63, 3.8) is 0 Å². The van der Waals surface area contributed by atoms with Crippen LogP contribution in [0.15, 0.2) is 16.8 Å². The zero-order valence-corrected chi connectivity index (χ0v) is 8.19. The van der Waals surface area contributed by atoms with Crippen LogP contribution in [0.5, 0.6) is 0 Å². The fraction of sp³-hybridized carbons (Fsp3) is 0.556. The Morgan fingerprint density at radius 3 is 3.14 bits per heavy atom. The van der Waals surface area contributed by atoms with E-state index in [1.54, 1.807) is 12.3 Å². The van der Waals surface area contributed by atoms with Gasteiger partial charge in [-0.3, -0.25) is 4.79 Å². The predicted octanol–water partition coefficient (Wildman–Crippen LogP) is 0.418. The molecule has 1 atom stereocenters. The summed E-state index contributed by atoms with van der Waals surface area (Å²) in [5, 5.41) is 6.22. The van der Waals surface area contributed by atoms with E-state index in [1.807, 2.05) is 6.92 Å². The minimum absolute atomic E-state index is 0.0595. The maximum Gasteiger partial charge on any atom is 0.221 e. The Kier molecular flexibility index (Phi) is 4.12. The van der Waals surface area contributed by atoms with Gasteiger partial charge in [0, 0.05) is 18.5 Å². The highest BCUT2D eigenvalue weighted by atomic mass is 16.5. The molecule has 1 aromatic heterocycles. The van der Waals surface area contributed by atoms with Crippen LogP contribution in [0.4, 0.5) is 0 Å². The first kappa shape index (κ1) is 10.7. The molecule has 0 saturated heterocycles. The molecule has 1 unspecified atom stereocenters. The molecular weight excluding hydrogens is 182 g/mol. The summed E-state index contributed by atoms with van der Waals surface area (Å²) < 4.78 is 4.82. The predicted molar refractivity (Wildman–Crippen MR) is 51.2 cm³/mol. The van der Waals surface area contributed by atoms with Crippen LogP contribution < -0.4 is 11.1 Å². The van der Waals surface area contributed by atoms with Crippen LogP contribution >= 0.6 is 0 Å². The molecule has 0 spiro atoms. The van der Waals surface area contributed by atoms with E-state index in [-0.39, 0.29) is 11.9 Å². The largest absolute Gasteiger partial charge is 0.360 e. The monoisotopic (exact) mass is 197 g/mol. The van der Waals surface area contributed by atoms with Crippen LogP contribution in [-0.2, 0) is 11.3 Å². The normalized spacial score (nSPS) is 12.4. The third kappa shape index (κ3) is 3.57. The number of carbonyl (C=O) groups excluding carboxylic acids is 1. The van der Waals surface area contributed by atoms with E-state index in [0.29, 0.717) is 18.7 Å². The van der Waals surface area contributed by atoms with Gasteiger partial charge in [-0.1, -0.05) is 12.1 Å². The summed E-state index contributed by atoms with van der Waals surface area (Å²) in [4.78, 5) is 11.3. The molecule has 5 nitrogen and oxygen atoms in total. The third-order valence-electron chi connectivity index (χ3n) is 1.92. The number of hydrogen-bond acceptors (Lipinski definition) is 4. The second kappa shape index (κ2) is 5.39. The van der Waals surface area contributed by atoms with Crippen LogP contribution in [0.1, 0.15) is 25.5 Å². The Labute approximate surface area is 82.6 Å². The first-order chi connectivity index (χ1) is 6.72. The maximum atomic E-state index is 11.3. The average molecular weight is 197 g/mol. The van der Waals surface area contributed by atoms with E-state index in [2.05, 4.69) is 10.5 Å². The lowest BCUT2D eigenvalue weighted by atomic mass is 10.1. The highest BCUT2D eigenvalue weighted by molar-refractivity contribution is 5.76. The van der Waals surface area contributed by atoms with Gasteiger partial charge in [0.2, 0.25) is 5.91 Å². The van der Waals surface area contributed by atoms with Crippen LogP contribution in [0.2, 0.25) is 0 Å². The average Bonchev–Trinajstić information content (AvgIpc) is 2.67. The second-order valence-corrected chi connectivity index (χ2v) is 3.13. The maximum absolute atomic E-state index is 11.3. The van der Waals surface area contributed by atoms with Crippen molar-refractivity contribution >= 4 is 5.91 Å². The molecule has 0 aliphatic carbocycles. The lowest BCUT2D eigenvalue weighted by Gasteiger charge is -2.07. The number of nitrogens with one attached hydrogen (secondary N) is 1. The SMILES string of the molecule is CCC(N)CC(=O)NCc1ccno1. The molecule has 0 aliphatic heterocycles. The zero-order chi connectivity index (χ0) is 10.4. The number of amides is 1. The van der Waals surface area contributed by atoms with E-state index < -0.39 is 0 Å². The number of aromatic nitrogens is 1. The molecule has 0 aliphatic rings. The van der Waals surface area contributed by atoms with Crippen molar-refractivity contribution in [1.29, 1.82) is 0 Å². The summed E-state index contributed by atoms with van der Waals surface area (Å²) in [5.41, 5.74) is 5.63. The van der Waals surface area contributed by atoms with Gasteiger partial charge in [0.15, 0.2) is 5.76 Å². The fourth-order valence-corrected chi connectivity index (χ4v) is 0.974. The Morgan fingerprint density at radius 2 is 2.57 bits per heavy atom. The second-order valence-electron chi connectivity index (χ2n) is 3.13. The number of hydrogen-bond donors (Lipinski definition) is 2. The first-order valence-corrected chi connectivity index (χ1v) is 4.64. The van der Waals surface area contributed by atoms with Gasteiger partial charge in [-0.2, -0.15) is 0 Å². The minimum atomic E-state index is -0.0651. The molecule has 1 amide bonds. The van der Waals surface area contributed by atoms with Crippen molar-refractivity contribution in [2.45, 2.75) is 32.4 Å². The van der Waals surface area contributed by atoms with E-state index in [1.165, 1.54) is 0 Å². The quantitative estimate of drug-likeness (QED) is 0.716. The van der Waals surface area contributed by atoms with Crippen LogP contribution in [-0.4, -0.2) is 17.1 Å². The number of nitrogens with zero attached hydrogens (tertiary/aromatic N) is 1. The van der Waals surface area contributed by atoms with Crippen molar-refractivity contribution in [3.8, 4) is 0 Å². The summed E-state index contributed by atoms with van der Waals surface area (Å²) in [6.07, 6.45) is 2.69. The zero-order valence-electron chi connectivity index (χ0n) is 8.19. The topological polar surface area (TPSA) is 81.2 Å². The molecule has 0 bridgehead atoms. The molecular formula is C9H15N3O2. The fourth-order valence-electron chi connectivity index (χ4n) is 0.974. The molecule has 0 aromatic carbocycles. The summed E-state index contributed by atoms with van der Waals surface area (Å²) in [7, 11) is 0. The van der Waals surface area contributed by atoms with Crippen molar-refractivity contribution < 1.29 is 9.32 Å². The van der Waals surface area contributed by atoms with Crippen molar-refractivity contribution in [1.82, 2.24) is 10.5 Å². The van der Waals surface area contributed by atoms with Gasteiger partial charge < -0.3 is 15.6 Å². The Morgan fingerprint density at radius 1 is 1.79 bits per heavy atom. The lowest BCUT2D eigenvalue weighted by molar-refractivity contribution is -0.121. The van der Waals surface area contributed by atoms with Crippen LogP contribution in [0.3, 0.4) is 0 Å². The minimum Gasteiger partial charge on any atom is -0.360 e. The van der Waals surface area contributed by atoms with Crippen LogP contribution in [0.25, 0.3) is 0 Å². The Hall–Kier alpha value is -1.36. The van der Waals surface area contributed by atoms with Gasteiger partial charge in [0.05, 0.1) is 12.7 Å². The molecule has 1 heterocycles. The van der Waals surface area contributed by atoms with Crippen molar-refractivity contribution in [3.05, 3.63) is 18.0 Å². The van der Waals surface area contributed by atoms with E-state index in [9.17, 15) is 4.79 Å². The number of carbonyl (C=O) groups is 1. The molecule has 78 valence electrons. The number of nitrogens with two attached hydrogens (primary N) is 1. The highest BCUT2D eigenvalue weighted by Gasteiger charge is 2.07. The summed E-state index contributed by atoms with van der Waals surface area (Å²) >= 11 is 0. The lowest BCUT2D eigenvalue weighted by Crippen LogP contribution is -2.30. The van der Waals surface area contributed by atoms with Gasteiger partial charge in [0.1, 0.15) is 0 Å². The molecule has 1 aromatic rings. The Bertz CT molecular complexity index is 272. The van der Waals surface area contributed by atoms with Gasteiger partial charge >= 0.3 is 0 Å². The van der Waals surface area contributed by atoms with Gasteiger partial charge in [-0.25, -0.2) is 0 Å². The van der Waals surface area contributed by atoms with Crippen molar-refractivity contribution in [2.24, 2.45) is 5.73 Å². The van der Waals surface area contributed by atoms with E-state index in [4.69, 9.17) is 10.3 Å².